The maximum atomic E-state index is 12.0. The second kappa shape index (κ2) is 117. The van der Waals surface area contributed by atoms with Gasteiger partial charge >= 0.3 is 63.2 Å². The Morgan fingerprint density at radius 2 is 0.207 bits per heavy atom. The van der Waals surface area contributed by atoms with Crippen molar-refractivity contribution in [3.8, 4) is 0 Å². The summed E-state index contributed by atoms with van der Waals surface area (Å²) >= 11 is 22.3. The molecule has 0 saturated carbocycles. The SMILES string of the molecule is CCCCCCCCCCCCS(CCCCCCCCCCCC)=P([O-])([O-])[S-].CCCCCCCCCCCCS(CCCCCCCCCCCC)=P([O-])([O-])[S-].CCCCCCCCCCCCS(CCCCCCCCCCCC)=P([O-])([O-])[S-].CCCCCCCCCCCCS(CCCCCCCCCCCC)=P([O-])([O-])[S-].O=S.[Mo+4].[Mo+4].[Mo+4]. The molecule has 0 N–H and O–H groups in total. The van der Waals surface area contributed by atoms with Crippen LogP contribution < -0.4 is 39.1 Å². The Morgan fingerprint density at radius 3 is 0.264 bits per heavy atom. The Labute approximate surface area is 837 Å². The van der Waals surface area contributed by atoms with Gasteiger partial charge in [0.2, 0.25) is 0 Å². The van der Waals surface area contributed by atoms with Crippen molar-refractivity contribution in [1.29, 1.82) is 0 Å². The van der Waals surface area contributed by atoms with E-state index in [4.69, 9.17) is 53.2 Å². The van der Waals surface area contributed by atoms with E-state index in [-0.39, 0.29) is 63.2 Å². The molecule has 0 fully saturated rings. The molecule has 0 amide bonds. The third-order valence-electron chi connectivity index (χ3n) is 23.1. The van der Waals surface area contributed by atoms with Gasteiger partial charge in [0.05, 0.1) is 0 Å². The van der Waals surface area contributed by atoms with Gasteiger partial charge in [0, 0.05) is 0 Å². The molecule has 0 bridgehead atoms. The van der Waals surface area contributed by atoms with Crippen molar-refractivity contribution in [3.05, 3.63) is 0 Å². The van der Waals surface area contributed by atoms with Crippen molar-refractivity contribution in [3.63, 3.8) is 0 Å². The van der Waals surface area contributed by atoms with Gasteiger partial charge in [-0.25, -0.2) is 40.3 Å². The predicted octanol–water partition coefficient (Wildman–Crippen LogP) is 29.2. The standard InChI is InChI=1S/4C24H50O2PS2.3Mo.OS/c4*1-3-5-7-9-11-13-15-17-19-21-23-29(27(25,26)28)24-22-20-18-16-14-12-10-8-6-4-2;;;;1-2/h4*3-24H2,1-2H3;;;;/q4*-3;3*+4;. The number of hydrogen-bond acceptors (Lipinski definition) is 14. The van der Waals surface area contributed by atoms with Gasteiger partial charge in [0.1, 0.15) is 0 Å². The molecule has 0 rings (SSSR count). The van der Waals surface area contributed by atoms with Crippen molar-refractivity contribution >= 4 is 125 Å². The molecule has 0 unspecified atom stereocenters. The number of hydrogen-bond donors (Lipinski definition) is 0. The van der Waals surface area contributed by atoms with Crippen LogP contribution in [0.4, 0.5) is 0 Å². The number of rotatable bonds is 88. The van der Waals surface area contributed by atoms with Gasteiger partial charge in [0.25, 0.3) is 0 Å². The molecule has 0 atom stereocenters. The number of unbranched alkanes of at least 4 members (excludes halogenated alkanes) is 72. The van der Waals surface area contributed by atoms with Crippen LogP contribution in [0.1, 0.15) is 569 Å². The van der Waals surface area contributed by atoms with Gasteiger partial charge in [-0.15, -0.1) is 0 Å². The fourth-order valence-corrected chi connectivity index (χ4v) is 36.1. The summed E-state index contributed by atoms with van der Waals surface area (Å²) < 4.78 is 7.83. The largest absolute Gasteiger partial charge is 4.00 e. The molecule has 0 aliphatic carbocycles. The van der Waals surface area contributed by atoms with E-state index < -0.39 is 63.1 Å². The quantitative estimate of drug-likeness (QED) is 0.0241. The molecule has 0 aliphatic rings. The van der Waals surface area contributed by atoms with Gasteiger partial charge in [-0.1, -0.05) is 518 Å². The third-order valence-corrected chi connectivity index (χ3v) is 51.3. The molecule has 0 saturated heterocycles. The fourth-order valence-electron chi connectivity index (χ4n) is 15.4. The zero-order valence-corrected chi connectivity index (χ0v) is 97.5. The summed E-state index contributed by atoms with van der Waals surface area (Å²) in [4.78, 5) is 95.8. The van der Waals surface area contributed by atoms with E-state index in [1.807, 2.05) is 0 Å². The van der Waals surface area contributed by atoms with E-state index in [9.17, 15) is 39.1 Å². The Bertz CT molecular complexity index is 1790. The summed E-state index contributed by atoms with van der Waals surface area (Å²) in [5.41, 5.74) is -14.3. The van der Waals surface area contributed by atoms with Crippen molar-refractivity contribution in [2.45, 2.75) is 569 Å². The molecule has 0 aromatic heterocycles. The summed E-state index contributed by atoms with van der Waals surface area (Å²) in [7, 11) is -2.21. The van der Waals surface area contributed by atoms with Crippen LogP contribution in [0.15, 0.2) is 0 Å². The first kappa shape index (κ1) is 143. The Balaban J connectivity index is -0.000000231. The third kappa shape index (κ3) is 122. The first-order valence-corrected chi connectivity index (χ1v) is 70.6. The first-order chi connectivity index (χ1) is 57.1. The summed E-state index contributed by atoms with van der Waals surface area (Å²) in [6, 6.07) is 0. The smallest absolute Gasteiger partial charge is 0.854 e. The molecule has 0 radical (unpaired) electrons. The minimum Gasteiger partial charge on any atom is -0.854 e. The molecule has 0 aromatic rings. The zero-order chi connectivity index (χ0) is 88.5. The predicted molar refractivity (Wildman–Crippen MR) is 548 cm³/mol. The topological polar surface area (TPSA) is 202 Å². The second-order valence-electron chi connectivity index (χ2n) is 34.7. The van der Waals surface area contributed by atoms with Crippen LogP contribution in [0.3, 0.4) is 0 Å². The van der Waals surface area contributed by atoms with Crippen LogP contribution >= 0.6 is 22.8 Å². The van der Waals surface area contributed by atoms with Crippen molar-refractivity contribution in [2.24, 2.45) is 0 Å². The normalized spacial score (nSPS) is 11.7. The Hall–Kier alpha value is 6.28. The minimum absolute atomic E-state index is 0. The molecule has 0 spiro atoms. The van der Waals surface area contributed by atoms with Crippen LogP contribution in [0, 0.1) is 0 Å². The molecule has 0 aromatic carbocycles. The molecule has 25 heteroatoms. The first-order valence-electron chi connectivity index (χ1n) is 51.1. The van der Waals surface area contributed by atoms with Crippen molar-refractivity contribution in [1.82, 2.24) is 0 Å². The average Bonchev–Trinajstić information content (AvgIpc) is 0.916. The zero-order valence-electron chi connectivity index (χ0n) is 80.6. The molecular formula is C96H200Mo3O9P4S9. The Kier molecular flexibility index (Phi) is 138. The maximum Gasteiger partial charge on any atom is 4.00 e. The summed E-state index contributed by atoms with van der Waals surface area (Å²) in [6.45, 7) is 18.1. The second-order valence-corrected chi connectivity index (χ2v) is 65.8. The summed E-state index contributed by atoms with van der Waals surface area (Å²) in [6.07, 6.45) is 103. The van der Waals surface area contributed by atoms with Crippen LogP contribution in [-0.2, 0) is 165 Å². The molecule has 0 aliphatic heterocycles. The van der Waals surface area contributed by atoms with E-state index in [0.717, 1.165) is 97.4 Å². The average molecular weight is 2200 g/mol. The van der Waals surface area contributed by atoms with E-state index in [0.29, 0.717) is 0 Å². The molecule has 121 heavy (non-hydrogen) atoms. The van der Waals surface area contributed by atoms with E-state index in [1.54, 1.807) is 0 Å². The van der Waals surface area contributed by atoms with E-state index >= 15 is 0 Å². The molecule has 730 valence electrons. The van der Waals surface area contributed by atoms with Gasteiger partial charge in [0.15, 0.2) is 12.5 Å². The monoisotopic (exact) mass is 2200 g/mol. The fraction of sp³-hybridized carbons (Fsp3) is 1.00. The van der Waals surface area contributed by atoms with Gasteiger partial charge in [-0.05, 0) is 97.4 Å². The molecule has 9 nitrogen and oxygen atoms in total. The Morgan fingerprint density at radius 1 is 0.149 bits per heavy atom. The van der Waals surface area contributed by atoms with E-state index in [2.05, 4.69) is 67.9 Å². The van der Waals surface area contributed by atoms with Crippen molar-refractivity contribution < 1.29 is 107 Å². The summed E-state index contributed by atoms with van der Waals surface area (Å²) in [5, 5.41) is 0. The van der Waals surface area contributed by atoms with Crippen LogP contribution in [0.2, 0.25) is 0 Å². The van der Waals surface area contributed by atoms with Crippen LogP contribution in [0.25, 0.3) is 0 Å². The van der Waals surface area contributed by atoms with Gasteiger partial charge in [-0.2, -0.15) is 4.21 Å². The maximum absolute atomic E-state index is 12.0. The summed E-state index contributed by atoms with van der Waals surface area (Å²) in [5.74, 6) is 6.54. The van der Waals surface area contributed by atoms with Gasteiger partial charge in [-0.3, -0.25) is 0 Å². The van der Waals surface area contributed by atoms with Gasteiger partial charge < -0.3 is 111 Å². The van der Waals surface area contributed by atoms with Crippen LogP contribution in [-0.4, -0.2) is 50.2 Å². The minimum atomic E-state index is -3.57. The molecular weight excluding hydrogens is 2000 g/mol. The molecule has 0 heterocycles. The van der Waals surface area contributed by atoms with Crippen molar-refractivity contribution in [2.75, 3.05) is 46.0 Å². The van der Waals surface area contributed by atoms with E-state index in [1.165, 1.54) is 462 Å². The van der Waals surface area contributed by atoms with Crippen LogP contribution in [0.5, 0.6) is 0 Å².